The van der Waals surface area contributed by atoms with Crippen molar-refractivity contribution in [3.05, 3.63) is 29.8 Å². The van der Waals surface area contributed by atoms with Gasteiger partial charge in [-0.25, -0.2) is 0 Å². The minimum Gasteiger partial charge on any atom is -0.508 e. The van der Waals surface area contributed by atoms with Crippen molar-refractivity contribution in [1.82, 2.24) is 31.5 Å². The monoisotopic (exact) mass is 790 g/mol. The molecule has 1 aliphatic heterocycles. The van der Waals surface area contributed by atoms with E-state index in [1.165, 1.54) is 37.8 Å². The molecule has 8 atom stereocenters. The van der Waals surface area contributed by atoms with E-state index < -0.39 is 89.8 Å². The summed E-state index contributed by atoms with van der Waals surface area (Å²) in [6.07, 6.45) is -0.179. The smallest absolute Gasteiger partial charge is 0.325 e. The molecule has 0 spiro atoms. The van der Waals surface area contributed by atoms with E-state index in [0.29, 0.717) is 18.4 Å². The third kappa shape index (κ3) is 15.0. The molecule has 14 N–H and O–H groups in total. The van der Waals surface area contributed by atoms with Crippen LogP contribution in [0.1, 0.15) is 72.3 Å². The van der Waals surface area contributed by atoms with Gasteiger partial charge in [-0.2, -0.15) is 0 Å². The SMILES string of the molecule is CC(C)C[C@@H](NC(=O)[C@@H](C)NC(=O)[C@H]1CCCN1C(=O)[C@H](NC(=O)[C@@H](Cc1ccc(O)cc1)NC(=O)[C@H](N)CCCN=C(N)N)[C@H](C)O)C(=O)N[C@H](C)C(=O)O. The molecule has 1 fully saturated rings. The Hall–Kier alpha value is -5.50. The van der Waals surface area contributed by atoms with Crippen molar-refractivity contribution in [3.8, 4) is 5.75 Å². The number of likely N-dealkylation sites (tertiary alicyclic amines) is 1. The number of hydrogen-bond acceptors (Lipinski definition) is 11. The molecule has 0 aromatic heterocycles. The Balaban J connectivity index is 2.19. The van der Waals surface area contributed by atoms with Gasteiger partial charge in [-0.1, -0.05) is 26.0 Å². The second-order valence-electron chi connectivity index (χ2n) is 14.4. The first-order valence-corrected chi connectivity index (χ1v) is 18.5. The highest BCUT2D eigenvalue weighted by atomic mass is 16.4. The van der Waals surface area contributed by atoms with Gasteiger partial charge in [-0.05, 0) is 76.5 Å². The van der Waals surface area contributed by atoms with E-state index in [1.807, 2.05) is 13.8 Å². The summed E-state index contributed by atoms with van der Waals surface area (Å²) in [6.45, 7) is 7.90. The standard InChI is InChI=1S/C36H58N10O10/c1-18(2)16-25(31(51)42-20(4)35(55)56)43-29(49)19(3)41-33(53)27-9-7-15-46(27)34(54)28(21(5)47)45-32(52)26(17-22-10-12-23(48)13-11-22)44-30(50)24(37)8-6-14-40-36(38)39/h10-13,18-21,24-28,47-48H,6-9,14-17,37H2,1-5H3,(H,41,53)(H,42,51)(H,43,49)(H,44,50)(H,45,52)(H,55,56)(H4,38,39,40)/t19-,20-,21+,24-,25-,26-,27-,28-/m1/s1. The summed E-state index contributed by atoms with van der Waals surface area (Å²) in [7, 11) is 0. The van der Waals surface area contributed by atoms with Crippen LogP contribution in [0.25, 0.3) is 0 Å². The van der Waals surface area contributed by atoms with Crippen LogP contribution in [0.15, 0.2) is 29.3 Å². The Labute approximate surface area is 325 Å². The zero-order valence-corrected chi connectivity index (χ0v) is 32.5. The highest BCUT2D eigenvalue weighted by Gasteiger charge is 2.41. The van der Waals surface area contributed by atoms with Gasteiger partial charge < -0.3 is 64.0 Å². The Morgan fingerprint density at radius 3 is 2.02 bits per heavy atom. The average Bonchev–Trinajstić information content (AvgIpc) is 3.62. The minimum absolute atomic E-state index is 0.0223. The lowest BCUT2D eigenvalue weighted by Gasteiger charge is -2.31. The maximum Gasteiger partial charge on any atom is 0.325 e. The van der Waals surface area contributed by atoms with Gasteiger partial charge in [0.1, 0.15) is 42.0 Å². The zero-order valence-electron chi connectivity index (χ0n) is 32.5. The number of aliphatic imine (C=N–C) groups is 1. The molecule has 1 heterocycles. The van der Waals surface area contributed by atoms with Crippen LogP contribution in [-0.4, -0.2) is 129 Å². The van der Waals surface area contributed by atoms with Crippen LogP contribution in [0.3, 0.4) is 0 Å². The lowest BCUT2D eigenvalue weighted by atomic mass is 10.0. The van der Waals surface area contributed by atoms with E-state index in [2.05, 4.69) is 31.6 Å². The molecule has 0 unspecified atom stereocenters. The maximum atomic E-state index is 13.9. The normalized spacial score (nSPS) is 17.6. The lowest BCUT2D eigenvalue weighted by Crippen LogP contribution is -2.61. The van der Waals surface area contributed by atoms with E-state index in [-0.39, 0.29) is 56.4 Å². The van der Waals surface area contributed by atoms with Crippen molar-refractivity contribution < 1.29 is 48.9 Å². The highest BCUT2D eigenvalue weighted by molar-refractivity contribution is 5.97. The largest absolute Gasteiger partial charge is 0.508 e. The van der Waals surface area contributed by atoms with E-state index in [4.69, 9.17) is 22.3 Å². The van der Waals surface area contributed by atoms with Crippen molar-refractivity contribution in [2.45, 2.75) is 122 Å². The fraction of sp³-hybridized carbons (Fsp3) is 0.611. The fourth-order valence-electron chi connectivity index (χ4n) is 5.88. The zero-order chi connectivity index (χ0) is 42.3. The molecule has 56 heavy (non-hydrogen) atoms. The molecule has 6 amide bonds. The number of amides is 6. The second-order valence-corrected chi connectivity index (χ2v) is 14.4. The summed E-state index contributed by atoms with van der Waals surface area (Å²) in [6, 6.07) is -2.52. The van der Waals surface area contributed by atoms with Gasteiger partial charge >= 0.3 is 5.97 Å². The number of nitrogens with zero attached hydrogens (tertiary/aromatic N) is 2. The van der Waals surface area contributed by atoms with Gasteiger partial charge in [0.2, 0.25) is 35.4 Å². The summed E-state index contributed by atoms with van der Waals surface area (Å²) in [5, 5.41) is 42.2. The number of aliphatic hydroxyl groups is 1. The first-order chi connectivity index (χ1) is 26.2. The van der Waals surface area contributed by atoms with Crippen LogP contribution in [0.4, 0.5) is 0 Å². The molecule has 0 bridgehead atoms. The number of benzene rings is 1. The van der Waals surface area contributed by atoms with E-state index in [0.717, 1.165) is 0 Å². The Morgan fingerprint density at radius 2 is 1.45 bits per heavy atom. The second kappa shape index (κ2) is 22.2. The number of carbonyl (C=O) groups is 7. The van der Waals surface area contributed by atoms with Crippen molar-refractivity contribution >= 4 is 47.4 Å². The van der Waals surface area contributed by atoms with Crippen molar-refractivity contribution in [2.75, 3.05) is 13.1 Å². The van der Waals surface area contributed by atoms with Crippen LogP contribution >= 0.6 is 0 Å². The summed E-state index contributed by atoms with van der Waals surface area (Å²) < 4.78 is 0. The summed E-state index contributed by atoms with van der Waals surface area (Å²) in [5.41, 5.74) is 17.3. The molecule has 1 saturated heterocycles. The molecule has 312 valence electrons. The molecule has 20 nitrogen and oxygen atoms in total. The van der Waals surface area contributed by atoms with E-state index in [9.17, 15) is 43.8 Å². The Kier molecular flexibility index (Phi) is 18.5. The van der Waals surface area contributed by atoms with Gasteiger partial charge in [0.15, 0.2) is 5.96 Å². The van der Waals surface area contributed by atoms with Crippen LogP contribution in [0.2, 0.25) is 0 Å². The Bertz CT molecular complexity index is 1570. The molecular weight excluding hydrogens is 732 g/mol. The summed E-state index contributed by atoms with van der Waals surface area (Å²) in [5.74, 6) is -5.84. The van der Waals surface area contributed by atoms with E-state index in [1.54, 1.807) is 12.1 Å². The Morgan fingerprint density at radius 1 is 0.839 bits per heavy atom. The van der Waals surface area contributed by atoms with Crippen LogP contribution < -0.4 is 43.8 Å². The molecule has 0 saturated carbocycles. The van der Waals surface area contributed by atoms with Crippen molar-refractivity contribution in [3.63, 3.8) is 0 Å². The number of carbonyl (C=O) groups excluding carboxylic acids is 6. The summed E-state index contributed by atoms with van der Waals surface area (Å²) in [4.78, 5) is 96.4. The number of phenolic OH excluding ortho intramolecular Hbond substituents is 1. The average molecular weight is 791 g/mol. The predicted molar refractivity (Wildman–Crippen MR) is 204 cm³/mol. The quantitative estimate of drug-likeness (QED) is 0.0343. The number of aromatic hydroxyl groups is 1. The number of guanidine groups is 1. The number of rotatable bonds is 21. The molecular formula is C36H58N10O10. The van der Waals surface area contributed by atoms with Crippen LogP contribution in [0, 0.1) is 5.92 Å². The number of phenols is 1. The van der Waals surface area contributed by atoms with Gasteiger partial charge in [-0.3, -0.25) is 38.6 Å². The number of aliphatic hydroxyl groups excluding tert-OH is 1. The number of hydrogen-bond donors (Lipinski definition) is 11. The third-order valence-electron chi connectivity index (χ3n) is 9.02. The molecule has 1 aromatic rings. The van der Waals surface area contributed by atoms with E-state index >= 15 is 0 Å². The maximum absolute atomic E-state index is 13.9. The lowest BCUT2D eigenvalue weighted by molar-refractivity contribution is -0.144. The molecule has 1 aliphatic rings. The molecule has 0 radical (unpaired) electrons. The number of aliphatic carboxylic acids is 1. The number of nitrogens with two attached hydrogens (primary N) is 3. The van der Waals surface area contributed by atoms with Crippen molar-refractivity contribution in [1.29, 1.82) is 0 Å². The van der Waals surface area contributed by atoms with Gasteiger partial charge in [-0.15, -0.1) is 0 Å². The predicted octanol–water partition coefficient (Wildman–Crippen LogP) is -2.72. The first kappa shape index (κ1) is 46.7. The number of carboxylic acid groups (broad SMARTS) is 1. The highest BCUT2D eigenvalue weighted by Crippen LogP contribution is 2.20. The molecule has 0 aliphatic carbocycles. The van der Waals surface area contributed by atoms with Crippen LogP contribution in [0.5, 0.6) is 5.75 Å². The minimum atomic E-state index is -1.55. The molecule has 20 heteroatoms. The van der Waals surface area contributed by atoms with Crippen molar-refractivity contribution in [2.24, 2.45) is 28.1 Å². The van der Waals surface area contributed by atoms with Gasteiger partial charge in [0.25, 0.3) is 0 Å². The number of carboxylic acids is 1. The first-order valence-electron chi connectivity index (χ1n) is 18.5. The topological polar surface area (TPSA) is 334 Å². The van der Waals surface area contributed by atoms with Gasteiger partial charge in [0.05, 0.1) is 12.1 Å². The number of nitrogens with one attached hydrogen (secondary N) is 5. The van der Waals surface area contributed by atoms with Gasteiger partial charge in [0, 0.05) is 19.5 Å². The third-order valence-corrected chi connectivity index (χ3v) is 9.02. The molecule has 2 rings (SSSR count). The molecule has 1 aromatic carbocycles. The summed E-state index contributed by atoms with van der Waals surface area (Å²) >= 11 is 0. The van der Waals surface area contributed by atoms with Crippen LogP contribution in [-0.2, 0) is 40.0 Å². The fourth-order valence-corrected chi connectivity index (χ4v) is 5.88.